The molecule has 3 aromatic rings. The molecule has 1 unspecified atom stereocenters. The van der Waals surface area contributed by atoms with Gasteiger partial charge in [-0.3, -0.25) is 24.0 Å². The molecule has 0 saturated heterocycles. The predicted octanol–water partition coefficient (Wildman–Crippen LogP) is 0.934. The number of aromatic nitrogens is 4. The highest BCUT2D eigenvalue weighted by Crippen LogP contribution is 2.22. The largest absolute Gasteiger partial charge is 0.481 e. The summed E-state index contributed by atoms with van der Waals surface area (Å²) in [7, 11) is 1.21. The van der Waals surface area contributed by atoms with Crippen LogP contribution in [0.2, 0.25) is 0 Å². The van der Waals surface area contributed by atoms with Gasteiger partial charge in [0.1, 0.15) is 18.6 Å². The monoisotopic (exact) mass is 635 g/mol. The number of tetrazole rings is 1. The number of aryl methyl sites for hydroxylation is 1. The maximum Gasteiger partial charge on any atom is 0.338 e. The second kappa shape index (κ2) is 16.6. The van der Waals surface area contributed by atoms with Crippen LogP contribution >= 0.6 is 0 Å². The fourth-order valence-electron chi connectivity index (χ4n) is 4.50. The zero-order valence-electron chi connectivity index (χ0n) is 25.9. The molecule has 0 spiro atoms. The highest BCUT2D eigenvalue weighted by Gasteiger charge is 2.30. The summed E-state index contributed by atoms with van der Waals surface area (Å²) in [6.07, 6.45) is -0.110. The first-order valence-electron chi connectivity index (χ1n) is 14.5. The zero-order chi connectivity index (χ0) is 33.8. The van der Waals surface area contributed by atoms with E-state index in [4.69, 9.17) is 4.74 Å². The minimum Gasteiger partial charge on any atom is -0.481 e. The summed E-state index contributed by atoms with van der Waals surface area (Å²) in [6.45, 7) is 4.31. The van der Waals surface area contributed by atoms with Crippen molar-refractivity contribution in [2.24, 2.45) is 5.92 Å². The topological polar surface area (TPSA) is 212 Å². The quantitative estimate of drug-likeness (QED) is 0.163. The number of amides is 3. The Labute approximate surface area is 265 Å². The van der Waals surface area contributed by atoms with Gasteiger partial charge in [-0.15, -0.1) is 5.10 Å². The van der Waals surface area contributed by atoms with E-state index in [9.17, 15) is 33.9 Å². The van der Waals surface area contributed by atoms with Gasteiger partial charge in [-0.2, -0.15) is 0 Å². The third kappa shape index (κ3) is 9.77. The van der Waals surface area contributed by atoms with E-state index in [-0.39, 0.29) is 35.2 Å². The molecule has 3 atom stereocenters. The SMILES string of the molecule is COC(=O)c1ccccc1-c1nnnn1CC(=O)C(CC(=O)O)NC(=O)[C@H](C)NC(=O)[C@@H](NC(=O)CCc1ccccc1)C(C)C. The predicted molar refractivity (Wildman–Crippen MR) is 163 cm³/mol. The van der Waals surface area contributed by atoms with Crippen LogP contribution in [0.15, 0.2) is 54.6 Å². The van der Waals surface area contributed by atoms with E-state index in [1.165, 1.54) is 20.1 Å². The van der Waals surface area contributed by atoms with E-state index in [1.807, 2.05) is 30.3 Å². The number of ether oxygens (including phenoxy) is 1. The fraction of sp³-hybridized carbons (Fsp3) is 0.387. The van der Waals surface area contributed by atoms with Crippen LogP contribution in [-0.4, -0.2) is 86.0 Å². The maximum atomic E-state index is 13.2. The zero-order valence-corrected chi connectivity index (χ0v) is 25.9. The molecule has 0 aliphatic rings. The number of nitrogens with zero attached hydrogens (tertiary/aromatic N) is 4. The van der Waals surface area contributed by atoms with Crippen LogP contribution in [-0.2, 0) is 41.7 Å². The molecule has 0 radical (unpaired) electrons. The van der Waals surface area contributed by atoms with Crippen LogP contribution in [0.3, 0.4) is 0 Å². The van der Waals surface area contributed by atoms with E-state index in [0.29, 0.717) is 6.42 Å². The highest BCUT2D eigenvalue weighted by molar-refractivity contribution is 5.97. The molecule has 1 aromatic heterocycles. The number of hydrogen-bond donors (Lipinski definition) is 4. The molecule has 244 valence electrons. The summed E-state index contributed by atoms with van der Waals surface area (Å²) in [5.74, 6) is -4.81. The molecule has 46 heavy (non-hydrogen) atoms. The van der Waals surface area contributed by atoms with Gasteiger partial charge in [-0.25, -0.2) is 9.48 Å². The van der Waals surface area contributed by atoms with Crippen molar-refractivity contribution in [3.63, 3.8) is 0 Å². The van der Waals surface area contributed by atoms with Crippen molar-refractivity contribution in [1.82, 2.24) is 36.2 Å². The lowest BCUT2D eigenvalue weighted by Crippen LogP contribution is -2.56. The standard InChI is InChI=1S/C31H37N7O8/c1-18(2)27(34-25(40)15-14-20-10-6-5-7-11-20)30(44)32-19(3)29(43)33-23(16-26(41)42)24(39)17-38-28(35-36-37-38)21-12-8-9-13-22(21)31(45)46-4/h5-13,18-19,23,27H,14-17H2,1-4H3,(H,32,44)(H,33,43)(H,34,40)(H,41,42)/t19-,23?,27-/m0/s1. The van der Waals surface area contributed by atoms with Crippen LogP contribution in [0.4, 0.5) is 0 Å². The lowest BCUT2D eigenvalue weighted by molar-refractivity contribution is -0.140. The molecule has 3 amide bonds. The van der Waals surface area contributed by atoms with Gasteiger partial charge < -0.3 is 25.8 Å². The number of methoxy groups -OCH3 is 1. The summed E-state index contributed by atoms with van der Waals surface area (Å²) < 4.78 is 5.87. The van der Waals surface area contributed by atoms with E-state index < -0.39 is 60.6 Å². The second-order valence-corrected chi connectivity index (χ2v) is 10.8. The Morgan fingerprint density at radius 1 is 0.891 bits per heavy atom. The summed E-state index contributed by atoms with van der Waals surface area (Å²) in [5, 5.41) is 28.3. The molecule has 0 fully saturated rings. The van der Waals surface area contributed by atoms with Gasteiger partial charge in [0.25, 0.3) is 0 Å². The lowest BCUT2D eigenvalue weighted by atomic mass is 10.0. The molecule has 2 aromatic carbocycles. The van der Waals surface area contributed by atoms with Crippen LogP contribution in [0, 0.1) is 5.92 Å². The van der Waals surface area contributed by atoms with Crippen molar-refractivity contribution in [2.75, 3.05) is 7.11 Å². The summed E-state index contributed by atoms with van der Waals surface area (Å²) >= 11 is 0. The van der Waals surface area contributed by atoms with Crippen LogP contribution in [0.1, 0.15) is 49.5 Å². The van der Waals surface area contributed by atoms with Crippen molar-refractivity contribution in [3.05, 3.63) is 65.7 Å². The van der Waals surface area contributed by atoms with E-state index in [2.05, 4.69) is 31.5 Å². The molecule has 0 saturated carbocycles. The van der Waals surface area contributed by atoms with Gasteiger partial charge in [-0.05, 0) is 41.3 Å². The number of Topliss-reactive ketones (excluding diaryl/α,β-unsaturated/α-hetero) is 1. The Kier molecular flexibility index (Phi) is 12.6. The van der Waals surface area contributed by atoms with E-state index in [0.717, 1.165) is 10.2 Å². The minimum atomic E-state index is -1.50. The average Bonchev–Trinajstić information content (AvgIpc) is 3.49. The Morgan fingerprint density at radius 2 is 1.57 bits per heavy atom. The van der Waals surface area contributed by atoms with E-state index >= 15 is 0 Å². The number of nitrogens with one attached hydrogen (secondary N) is 3. The molecule has 15 heteroatoms. The number of rotatable bonds is 16. The first kappa shape index (κ1) is 35.0. The maximum absolute atomic E-state index is 13.2. The Morgan fingerprint density at radius 3 is 2.22 bits per heavy atom. The number of carbonyl (C=O) groups is 6. The number of hydrogen-bond acceptors (Lipinski definition) is 10. The molecule has 4 N–H and O–H groups in total. The molecule has 0 aliphatic heterocycles. The highest BCUT2D eigenvalue weighted by atomic mass is 16.5. The number of aliphatic carboxylic acids is 1. The molecular weight excluding hydrogens is 598 g/mol. The van der Waals surface area contributed by atoms with Gasteiger partial charge in [0.15, 0.2) is 11.6 Å². The van der Waals surface area contributed by atoms with Crippen molar-refractivity contribution in [1.29, 1.82) is 0 Å². The van der Waals surface area contributed by atoms with Crippen LogP contribution < -0.4 is 16.0 Å². The molecule has 3 rings (SSSR count). The van der Waals surface area contributed by atoms with Crippen molar-refractivity contribution < 1.29 is 38.6 Å². The lowest BCUT2D eigenvalue weighted by Gasteiger charge is -2.25. The van der Waals surface area contributed by atoms with E-state index in [1.54, 1.807) is 32.0 Å². The normalized spacial score (nSPS) is 12.8. The third-order valence-electron chi connectivity index (χ3n) is 7.00. The number of carboxylic acids is 1. The number of esters is 1. The van der Waals surface area contributed by atoms with Crippen molar-refractivity contribution in [2.45, 2.75) is 64.7 Å². The summed E-state index contributed by atoms with van der Waals surface area (Å²) in [6, 6.07) is 12.1. The van der Waals surface area contributed by atoms with Gasteiger partial charge in [0.05, 0.1) is 25.1 Å². The molecule has 0 aliphatic carbocycles. The van der Waals surface area contributed by atoms with Gasteiger partial charge in [-0.1, -0.05) is 62.4 Å². The summed E-state index contributed by atoms with van der Waals surface area (Å²) in [5.41, 5.74) is 1.39. The van der Waals surface area contributed by atoms with Crippen LogP contribution in [0.25, 0.3) is 11.4 Å². The van der Waals surface area contributed by atoms with Gasteiger partial charge >= 0.3 is 11.9 Å². The Bertz CT molecular complexity index is 1560. The number of carbonyl (C=O) groups excluding carboxylic acids is 5. The number of benzene rings is 2. The molecule has 1 heterocycles. The van der Waals surface area contributed by atoms with Gasteiger partial charge in [0.2, 0.25) is 17.7 Å². The Hall–Kier alpha value is -5.47. The average molecular weight is 636 g/mol. The van der Waals surface area contributed by atoms with Crippen molar-refractivity contribution >= 4 is 35.4 Å². The molecular formula is C31H37N7O8. The number of ketones is 1. The Balaban J connectivity index is 1.66. The summed E-state index contributed by atoms with van der Waals surface area (Å²) in [4.78, 5) is 75.8. The second-order valence-electron chi connectivity index (χ2n) is 10.8. The van der Waals surface area contributed by atoms with Gasteiger partial charge in [0, 0.05) is 12.0 Å². The third-order valence-corrected chi connectivity index (χ3v) is 7.00. The van der Waals surface area contributed by atoms with Crippen molar-refractivity contribution in [3.8, 4) is 11.4 Å². The number of carboxylic acid groups (broad SMARTS) is 1. The fourth-order valence-corrected chi connectivity index (χ4v) is 4.50. The minimum absolute atomic E-state index is 0.0425. The smallest absolute Gasteiger partial charge is 0.338 e. The first-order valence-corrected chi connectivity index (χ1v) is 14.5. The molecule has 0 bridgehead atoms. The molecule has 15 nitrogen and oxygen atoms in total. The van der Waals surface area contributed by atoms with Crippen LogP contribution in [0.5, 0.6) is 0 Å². The first-order chi connectivity index (χ1) is 21.9.